The van der Waals surface area contributed by atoms with Crippen LogP contribution in [0.5, 0.6) is 17.2 Å². The summed E-state index contributed by atoms with van der Waals surface area (Å²) < 4.78 is 16.8. The number of hydrogen-bond acceptors (Lipinski definition) is 7. The molecular weight excluding hydrogens is 460 g/mol. The number of methoxy groups -OCH3 is 1. The molecule has 2 aromatic rings. The average molecular weight is 496 g/mol. The monoisotopic (exact) mass is 495 g/mol. The maximum Gasteiger partial charge on any atom is 0.328 e. The van der Waals surface area contributed by atoms with Crippen molar-refractivity contribution < 1.29 is 28.9 Å². The molecule has 0 aliphatic carbocycles. The van der Waals surface area contributed by atoms with Gasteiger partial charge in [0.2, 0.25) is 5.91 Å². The molecule has 36 heavy (non-hydrogen) atoms. The van der Waals surface area contributed by atoms with Gasteiger partial charge in [-0.2, -0.15) is 0 Å². The van der Waals surface area contributed by atoms with Gasteiger partial charge in [-0.1, -0.05) is 12.1 Å². The van der Waals surface area contributed by atoms with Gasteiger partial charge in [0.15, 0.2) is 0 Å². The summed E-state index contributed by atoms with van der Waals surface area (Å²) in [7, 11) is 1.59. The van der Waals surface area contributed by atoms with Crippen molar-refractivity contribution in [3.05, 3.63) is 53.1 Å². The third-order valence-corrected chi connectivity index (χ3v) is 6.79. The third-order valence-electron chi connectivity index (χ3n) is 6.79. The van der Waals surface area contributed by atoms with E-state index in [1.165, 1.54) is 12.8 Å². The van der Waals surface area contributed by atoms with E-state index in [-0.39, 0.29) is 30.8 Å². The van der Waals surface area contributed by atoms with Gasteiger partial charge in [-0.05, 0) is 63.0 Å². The number of phenols is 1. The van der Waals surface area contributed by atoms with E-state index in [4.69, 9.17) is 14.2 Å². The number of carbonyl (C=O) groups excluding carboxylic acids is 2. The Kier molecular flexibility index (Phi) is 8.70. The molecule has 1 atom stereocenters. The fourth-order valence-electron chi connectivity index (χ4n) is 4.89. The number of nitrogens with zero attached hydrogens (tertiary/aromatic N) is 2. The topological polar surface area (TPSA) is 88.5 Å². The number of likely N-dealkylation sites (tertiary alicyclic amines) is 2. The van der Waals surface area contributed by atoms with Crippen LogP contribution in [0, 0.1) is 6.07 Å². The number of benzene rings is 2. The van der Waals surface area contributed by atoms with Gasteiger partial charge in [0.25, 0.3) is 0 Å². The predicted octanol–water partition coefficient (Wildman–Crippen LogP) is 3.32. The zero-order chi connectivity index (χ0) is 25.5. The molecule has 2 saturated heterocycles. The molecular formula is C28H35N2O6. The number of hydrogen-bond donors (Lipinski definition) is 1. The second-order valence-electron chi connectivity index (χ2n) is 9.25. The minimum atomic E-state index is -0.561. The van der Waals surface area contributed by atoms with Gasteiger partial charge in [0, 0.05) is 36.6 Å². The molecule has 1 radical (unpaired) electrons. The molecule has 193 valence electrons. The summed E-state index contributed by atoms with van der Waals surface area (Å²) in [6.45, 7) is 5.96. The van der Waals surface area contributed by atoms with Gasteiger partial charge < -0.3 is 24.2 Å². The van der Waals surface area contributed by atoms with E-state index in [2.05, 4.69) is 11.0 Å². The van der Waals surface area contributed by atoms with Gasteiger partial charge >= 0.3 is 5.97 Å². The molecule has 0 aromatic heterocycles. The molecule has 2 aromatic carbocycles. The summed E-state index contributed by atoms with van der Waals surface area (Å²) in [5.74, 6) is 0.962. The highest BCUT2D eigenvalue weighted by Gasteiger charge is 2.37. The lowest BCUT2D eigenvalue weighted by molar-refractivity contribution is -0.151. The summed E-state index contributed by atoms with van der Waals surface area (Å²) >= 11 is 0. The van der Waals surface area contributed by atoms with E-state index in [1.807, 2.05) is 18.2 Å². The number of carbonyl (C=O) groups is 2. The first-order chi connectivity index (χ1) is 17.5. The summed E-state index contributed by atoms with van der Waals surface area (Å²) in [4.78, 5) is 28.8. The fourth-order valence-corrected chi connectivity index (χ4v) is 4.89. The van der Waals surface area contributed by atoms with Crippen LogP contribution < -0.4 is 9.47 Å². The van der Waals surface area contributed by atoms with Crippen LogP contribution in [0.4, 0.5) is 0 Å². The van der Waals surface area contributed by atoms with Gasteiger partial charge in [-0.25, -0.2) is 4.79 Å². The van der Waals surface area contributed by atoms with Gasteiger partial charge in [0.05, 0.1) is 20.3 Å². The Bertz CT molecular complexity index is 1070. The quantitative estimate of drug-likeness (QED) is 0.479. The largest absolute Gasteiger partial charge is 0.508 e. The minimum absolute atomic E-state index is 0.0615. The van der Waals surface area contributed by atoms with Gasteiger partial charge in [0.1, 0.15) is 29.9 Å². The number of rotatable bonds is 11. The maximum atomic E-state index is 12.5. The molecule has 1 unspecified atom stereocenters. The molecule has 2 aliphatic rings. The van der Waals surface area contributed by atoms with Crippen molar-refractivity contribution in [3.63, 3.8) is 0 Å². The second kappa shape index (κ2) is 12.1. The van der Waals surface area contributed by atoms with Crippen LogP contribution in [-0.2, 0) is 27.3 Å². The lowest BCUT2D eigenvalue weighted by Crippen LogP contribution is -2.39. The van der Waals surface area contributed by atoms with Crippen LogP contribution >= 0.6 is 0 Å². The van der Waals surface area contributed by atoms with E-state index in [0.29, 0.717) is 37.4 Å². The van der Waals surface area contributed by atoms with Gasteiger partial charge in [-0.3, -0.25) is 9.69 Å². The molecule has 0 bridgehead atoms. The molecule has 2 heterocycles. The SMILES string of the molecule is CCOC(=O)C1CCC(=O)N1Cc1ccc(Cc2[c]cc(O)cc2OCCN2CCCC2)cc1OC. The number of esters is 1. The Morgan fingerprint density at radius 1 is 1.19 bits per heavy atom. The van der Waals surface area contributed by atoms with Crippen LogP contribution in [-0.4, -0.2) is 72.8 Å². The molecule has 0 saturated carbocycles. The Morgan fingerprint density at radius 2 is 2.00 bits per heavy atom. The van der Waals surface area contributed by atoms with E-state index in [0.717, 1.165) is 36.3 Å². The van der Waals surface area contributed by atoms with Crippen LogP contribution in [0.1, 0.15) is 49.3 Å². The van der Waals surface area contributed by atoms with E-state index in [9.17, 15) is 14.7 Å². The van der Waals surface area contributed by atoms with Crippen LogP contribution in [0.15, 0.2) is 30.3 Å². The Morgan fingerprint density at radius 3 is 2.75 bits per heavy atom. The summed E-state index contributed by atoms with van der Waals surface area (Å²) in [6, 6.07) is 11.6. The maximum absolute atomic E-state index is 12.5. The summed E-state index contributed by atoms with van der Waals surface area (Å²) in [5.41, 5.74) is 2.65. The lowest BCUT2D eigenvalue weighted by Gasteiger charge is -2.24. The fraction of sp³-hybridized carbons (Fsp3) is 0.500. The molecule has 1 N–H and O–H groups in total. The standard InChI is InChI=1S/C28H35N2O6/c1-3-35-28(33)24-10-11-27(32)30(24)19-22-7-6-20(17-25(22)34-2)16-21-8-9-23(31)18-26(21)36-15-14-29-12-4-5-13-29/h6-7,9,17-18,24,31H,3-5,10-16,19H2,1-2H3. The molecule has 8 heteroatoms. The summed E-state index contributed by atoms with van der Waals surface area (Å²) in [6.07, 6.45) is 3.82. The van der Waals surface area contributed by atoms with Crippen LogP contribution in [0.25, 0.3) is 0 Å². The van der Waals surface area contributed by atoms with Crippen molar-refractivity contribution in [1.82, 2.24) is 9.80 Å². The Labute approximate surface area is 212 Å². The normalized spacial score (nSPS) is 18.0. The number of aromatic hydroxyl groups is 1. The third kappa shape index (κ3) is 6.29. The average Bonchev–Trinajstić information content (AvgIpc) is 3.52. The first kappa shape index (κ1) is 25.8. The van der Waals surface area contributed by atoms with Crippen molar-refractivity contribution in [2.24, 2.45) is 0 Å². The van der Waals surface area contributed by atoms with Gasteiger partial charge in [-0.15, -0.1) is 0 Å². The second-order valence-corrected chi connectivity index (χ2v) is 9.25. The predicted molar refractivity (Wildman–Crippen MR) is 134 cm³/mol. The van der Waals surface area contributed by atoms with Crippen LogP contribution in [0.3, 0.4) is 0 Å². The zero-order valence-electron chi connectivity index (χ0n) is 21.1. The number of phenolic OH excluding ortho intramolecular Hbond substituents is 1. The van der Waals surface area contributed by atoms with E-state index < -0.39 is 6.04 Å². The molecule has 1 amide bonds. The number of ether oxygens (including phenoxy) is 3. The molecule has 4 rings (SSSR count). The molecule has 2 aliphatic heterocycles. The zero-order valence-corrected chi connectivity index (χ0v) is 21.1. The van der Waals surface area contributed by atoms with Crippen molar-refractivity contribution >= 4 is 11.9 Å². The lowest BCUT2D eigenvalue weighted by atomic mass is 10.0. The van der Waals surface area contributed by atoms with Crippen molar-refractivity contribution in [2.45, 2.75) is 51.6 Å². The van der Waals surface area contributed by atoms with Crippen LogP contribution in [0.2, 0.25) is 0 Å². The molecule has 2 fully saturated rings. The number of amides is 1. The first-order valence-corrected chi connectivity index (χ1v) is 12.7. The van der Waals surface area contributed by atoms with Crippen molar-refractivity contribution in [2.75, 3.05) is 40.0 Å². The Balaban J connectivity index is 1.46. The van der Waals surface area contributed by atoms with Crippen molar-refractivity contribution in [1.29, 1.82) is 0 Å². The molecule has 0 spiro atoms. The van der Waals surface area contributed by atoms with E-state index >= 15 is 0 Å². The molecule has 8 nitrogen and oxygen atoms in total. The Hall–Kier alpha value is -3.26. The summed E-state index contributed by atoms with van der Waals surface area (Å²) in [5, 5.41) is 9.98. The van der Waals surface area contributed by atoms with Crippen molar-refractivity contribution in [3.8, 4) is 17.2 Å². The first-order valence-electron chi connectivity index (χ1n) is 12.7. The smallest absolute Gasteiger partial charge is 0.328 e. The van der Waals surface area contributed by atoms with E-state index in [1.54, 1.807) is 31.1 Å². The highest BCUT2D eigenvalue weighted by Crippen LogP contribution is 2.30. The highest BCUT2D eigenvalue weighted by atomic mass is 16.5. The minimum Gasteiger partial charge on any atom is -0.508 e. The highest BCUT2D eigenvalue weighted by molar-refractivity contribution is 5.88.